The van der Waals surface area contributed by atoms with E-state index >= 15 is 0 Å². The predicted octanol–water partition coefficient (Wildman–Crippen LogP) is 2.59. The quantitative estimate of drug-likeness (QED) is 0.246. The summed E-state index contributed by atoms with van der Waals surface area (Å²) < 4.78 is 13.8. The van der Waals surface area contributed by atoms with Gasteiger partial charge in [0, 0.05) is 17.7 Å². The van der Waals surface area contributed by atoms with Crippen molar-refractivity contribution < 1.29 is 9.60 Å². The minimum atomic E-state index is -0.331. The first kappa shape index (κ1) is 14.8. The van der Waals surface area contributed by atoms with Crippen LogP contribution in [-0.4, -0.2) is 17.6 Å². The number of hydrogen-bond acceptors (Lipinski definition) is 3. The van der Waals surface area contributed by atoms with E-state index < -0.39 is 0 Å². The predicted molar refractivity (Wildman–Crippen MR) is 77.2 cm³/mol. The number of hydrogen-bond donors (Lipinski definition) is 3. The molecule has 4 N–H and O–H groups in total. The third-order valence-corrected chi connectivity index (χ3v) is 3.98. The Morgan fingerprint density at radius 1 is 1.40 bits per heavy atom. The van der Waals surface area contributed by atoms with Crippen molar-refractivity contribution in [2.75, 3.05) is 6.54 Å². The van der Waals surface area contributed by atoms with Crippen molar-refractivity contribution >= 4 is 5.84 Å². The lowest BCUT2D eigenvalue weighted by molar-refractivity contribution is 0.318. The zero-order valence-electron chi connectivity index (χ0n) is 11.6. The molecule has 0 bridgehead atoms. The number of nitrogens with one attached hydrogen (secondary N) is 1. The zero-order chi connectivity index (χ0) is 14.4. The third kappa shape index (κ3) is 3.93. The fourth-order valence-electron chi connectivity index (χ4n) is 2.74. The summed E-state index contributed by atoms with van der Waals surface area (Å²) in [7, 11) is 0. The molecule has 5 heteroatoms. The van der Waals surface area contributed by atoms with Gasteiger partial charge in [-0.05, 0) is 24.9 Å². The van der Waals surface area contributed by atoms with E-state index in [1.807, 2.05) is 0 Å². The van der Waals surface area contributed by atoms with Crippen molar-refractivity contribution in [1.29, 1.82) is 0 Å². The molecule has 0 atom stereocenters. The topological polar surface area (TPSA) is 70.6 Å². The van der Waals surface area contributed by atoms with Gasteiger partial charge in [-0.15, -0.1) is 0 Å². The van der Waals surface area contributed by atoms with Crippen LogP contribution in [0.25, 0.3) is 0 Å². The fraction of sp³-hybridized carbons (Fsp3) is 0.533. The summed E-state index contributed by atoms with van der Waals surface area (Å²) in [4.78, 5) is 0. The number of oxime groups is 1. The van der Waals surface area contributed by atoms with Crippen molar-refractivity contribution in [2.24, 2.45) is 16.8 Å². The Hall–Kier alpha value is -1.62. The second-order valence-electron chi connectivity index (χ2n) is 5.41. The number of nitrogens with zero attached hydrogens (tertiary/aromatic N) is 1. The summed E-state index contributed by atoms with van der Waals surface area (Å²) >= 11 is 0. The van der Waals surface area contributed by atoms with Gasteiger partial charge in [0.15, 0.2) is 5.84 Å². The summed E-state index contributed by atoms with van der Waals surface area (Å²) in [5, 5.41) is 14.7. The Bertz CT molecular complexity index is 470. The van der Waals surface area contributed by atoms with E-state index in [4.69, 9.17) is 10.9 Å². The summed E-state index contributed by atoms with van der Waals surface area (Å²) in [5.74, 6) is 0.433. The minimum absolute atomic E-state index is 0.0790. The normalized spacial score (nSPS) is 16.8. The lowest BCUT2D eigenvalue weighted by Crippen LogP contribution is -2.18. The van der Waals surface area contributed by atoms with E-state index in [0.29, 0.717) is 17.7 Å². The molecule has 1 aliphatic rings. The second-order valence-corrected chi connectivity index (χ2v) is 5.41. The summed E-state index contributed by atoms with van der Waals surface area (Å²) in [5.41, 5.74) is 6.41. The van der Waals surface area contributed by atoms with Crippen LogP contribution in [0.5, 0.6) is 0 Å². The molecule has 1 fully saturated rings. The molecule has 1 aliphatic carbocycles. The number of halogens is 1. The largest absolute Gasteiger partial charge is 0.409 e. The highest BCUT2D eigenvalue weighted by Gasteiger charge is 2.14. The molecular weight excluding hydrogens is 257 g/mol. The minimum Gasteiger partial charge on any atom is -0.409 e. The van der Waals surface area contributed by atoms with Crippen molar-refractivity contribution in [3.05, 3.63) is 35.1 Å². The van der Waals surface area contributed by atoms with Crippen LogP contribution in [-0.2, 0) is 6.54 Å². The molecule has 110 valence electrons. The highest BCUT2D eigenvalue weighted by atomic mass is 19.1. The van der Waals surface area contributed by atoms with Gasteiger partial charge >= 0.3 is 0 Å². The van der Waals surface area contributed by atoms with Crippen LogP contribution in [0.1, 0.15) is 43.2 Å². The lowest BCUT2D eigenvalue weighted by Gasteiger charge is -2.10. The summed E-state index contributed by atoms with van der Waals surface area (Å²) in [6.45, 7) is 1.43. The maximum absolute atomic E-state index is 13.8. The number of benzene rings is 1. The van der Waals surface area contributed by atoms with Crippen LogP contribution in [0.4, 0.5) is 4.39 Å². The average Bonchev–Trinajstić information content (AvgIpc) is 2.97. The van der Waals surface area contributed by atoms with E-state index in [2.05, 4.69) is 10.5 Å². The maximum atomic E-state index is 13.8. The van der Waals surface area contributed by atoms with Crippen molar-refractivity contribution in [3.8, 4) is 0 Å². The molecule has 20 heavy (non-hydrogen) atoms. The Kier molecular flexibility index (Phi) is 5.35. The SMILES string of the molecule is NC(=NO)c1ccc(CNCCC2CCCC2)c(F)c1. The molecule has 0 spiro atoms. The molecule has 0 amide bonds. The third-order valence-electron chi connectivity index (χ3n) is 3.98. The summed E-state index contributed by atoms with van der Waals surface area (Å²) in [6, 6.07) is 4.63. The van der Waals surface area contributed by atoms with E-state index in [0.717, 1.165) is 12.5 Å². The van der Waals surface area contributed by atoms with Crippen molar-refractivity contribution in [3.63, 3.8) is 0 Å². The van der Waals surface area contributed by atoms with Crippen LogP contribution in [0.15, 0.2) is 23.4 Å². The van der Waals surface area contributed by atoms with E-state index in [1.54, 1.807) is 12.1 Å². The average molecular weight is 279 g/mol. The van der Waals surface area contributed by atoms with Gasteiger partial charge in [-0.25, -0.2) is 4.39 Å². The molecule has 1 saturated carbocycles. The lowest BCUT2D eigenvalue weighted by atomic mass is 10.0. The van der Waals surface area contributed by atoms with Crippen LogP contribution in [0.3, 0.4) is 0 Å². The van der Waals surface area contributed by atoms with Crippen molar-refractivity contribution in [1.82, 2.24) is 5.32 Å². The molecular formula is C15H22FN3O. The van der Waals surface area contributed by atoms with Gasteiger partial charge < -0.3 is 16.3 Å². The van der Waals surface area contributed by atoms with Gasteiger partial charge in [0.1, 0.15) is 5.82 Å². The van der Waals surface area contributed by atoms with Gasteiger partial charge in [-0.2, -0.15) is 0 Å². The summed E-state index contributed by atoms with van der Waals surface area (Å²) in [6.07, 6.45) is 6.56. The van der Waals surface area contributed by atoms with E-state index in [9.17, 15) is 4.39 Å². The molecule has 4 nitrogen and oxygen atoms in total. The highest BCUT2D eigenvalue weighted by Crippen LogP contribution is 2.26. The van der Waals surface area contributed by atoms with Crippen LogP contribution >= 0.6 is 0 Å². The molecule has 1 aromatic carbocycles. The van der Waals surface area contributed by atoms with E-state index in [-0.39, 0.29) is 11.7 Å². The fourth-order valence-corrected chi connectivity index (χ4v) is 2.74. The van der Waals surface area contributed by atoms with Crippen molar-refractivity contribution in [2.45, 2.75) is 38.6 Å². The van der Waals surface area contributed by atoms with Crippen LogP contribution in [0.2, 0.25) is 0 Å². The van der Waals surface area contributed by atoms with Gasteiger partial charge in [0.05, 0.1) is 0 Å². The van der Waals surface area contributed by atoms with Crippen LogP contribution in [0, 0.1) is 11.7 Å². The van der Waals surface area contributed by atoms with Gasteiger partial charge in [-0.1, -0.05) is 43.0 Å². The van der Waals surface area contributed by atoms with Gasteiger partial charge in [0.2, 0.25) is 0 Å². The molecule has 1 aromatic rings. The first-order valence-corrected chi connectivity index (χ1v) is 7.17. The Labute approximate surface area is 118 Å². The molecule has 0 heterocycles. The Morgan fingerprint density at radius 2 is 2.15 bits per heavy atom. The maximum Gasteiger partial charge on any atom is 0.170 e. The molecule has 0 aliphatic heterocycles. The first-order chi connectivity index (χ1) is 9.70. The zero-order valence-corrected chi connectivity index (χ0v) is 11.6. The Morgan fingerprint density at radius 3 is 2.80 bits per heavy atom. The molecule has 0 radical (unpaired) electrons. The monoisotopic (exact) mass is 279 g/mol. The van der Waals surface area contributed by atoms with Gasteiger partial charge in [-0.3, -0.25) is 0 Å². The smallest absolute Gasteiger partial charge is 0.170 e. The number of amidine groups is 1. The Balaban J connectivity index is 1.80. The highest BCUT2D eigenvalue weighted by molar-refractivity contribution is 5.97. The number of rotatable bonds is 6. The van der Waals surface area contributed by atoms with E-state index in [1.165, 1.54) is 38.2 Å². The molecule has 0 unspecified atom stereocenters. The molecule has 0 saturated heterocycles. The number of nitrogens with two attached hydrogens (primary N) is 1. The molecule has 0 aromatic heterocycles. The van der Waals surface area contributed by atoms with Gasteiger partial charge in [0.25, 0.3) is 0 Å². The second kappa shape index (κ2) is 7.24. The molecule has 2 rings (SSSR count). The standard InChI is InChI=1S/C15H22FN3O/c16-14-9-12(15(17)19-20)5-6-13(14)10-18-8-7-11-3-1-2-4-11/h5-6,9,11,18,20H,1-4,7-8,10H2,(H2,17,19). The first-order valence-electron chi connectivity index (χ1n) is 7.17. The van der Waals surface area contributed by atoms with Crippen LogP contribution < -0.4 is 11.1 Å².